The number of rotatable bonds is 32. The van der Waals surface area contributed by atoms with Crippen LogP contribution in [0.1, 0.15) is 217 Å². The molecule has 1 heterocycles. The van der Waals surface area contributed by atoms with Gasteiger partial charge in [0.15, 0.2) is 12.4 Å². The fraction of sp³-hybridized carbons (Fsp3) is 0.850. The molecule has 0 saturated heterocycles. The van der Waals surface area contributed by atoms with Crippen LogP contribution in [-0.4, -0.2) is 12.1 Å². The Balaban J connectivity index is 2.16. The summed E-state index contributed by atoms with van der Waals surface area (Å²) in [6.45, 7) is 4.58. The van der Waals surface area contributed by atoms with Gasteiger partial charge in [-0.25, -0.2) is 9.36 Å². The third-order valence-corrected chi connectivity index (χ3v) is 9.21. The van der Waals surface area contributed by atoms with E-state index in [4.69, 9.17) is 4.74 Å². The summed E-state index contributed by atoms with van der Waals surface area (Å²) >= 11 is 0. The summed E-state index contributed by atoms with van der Waals surface area (Å²) in [6.07, 6.45) is 44.5. The largest absolute Gasteiger partial charge is 0.459 e. The predicted molar refractivity (Wildman–Crippen MR) is 187 cm³/mol. The van der Waals surface area contributed by atoms with Gasteiger partial charge in [-0.05, 0) is 31.7 Å². The van der Waals surface area contributed by atoms with Crippen LogP contribution in [0.4, 0.5) is 0 Å². The second-order valence-electron chi connectivity index (χ2n) is 13.6. The van der Waals surface area contributed by atoms with E-state index in [2.05, 4.69) is 13.8 Å². The fourth-order valence-electron chi connectivity index (χ4n) is 6.32. The highest BCUT2D eigenvalue weighted by molar-refractivity contribution is 5.88. The van der Waals surface area contributed by atoms with Gasteiger partial charge in [0.05, 0.1) is 0 Å². The molecule has 3 nitrogen and oxygen atoms in total. The van der Waals surface area contributed by atoms with Crippen molar-refractivity contribution in [2.45, 2.75) is 213 Å². The Bertz CT molecular complexity index is 701. The van der Waals surface area contributed by atoms with Crippen LogP contribution < -0.4 is 4.57 Å². The van der Waals surface area contributed by atoms with Crippen LogP contribution in [0.2, 0.25) is 0 Å². The summed E-state index contributed by atoms with van der Waals surface area (Å²) in [5.41, 5.74) is 0.664. The van der Waals surface area contributed by atoms with E-state index in [1.54, 1.807) is 0 Å². The molecule has 0 saturated carbocycles. The number of aryl methyl sites for hydroxylation is 1. The molecule has 0 radical (unpaired) electrons. The lowest BCUT2D eigenvalue weighted by Crippen LogP contribution is -2.29. The molecule has 3 heteroatoms. The molecule has 0 spiro atoms. The Hall–Kier alpha value is -1.38. The first-order valence-corrected chi connectivity index (χ1v) is 19.3. The Morgan fingerprint density at radius 3 is 1.21 bits per heavy atom. The number of unbranched alkanes of at least 4 members (excludes halogenated alkanes) is 26. The van der Waals surface area contributed by atoms with Crippen LogP contribution in [0.5, 0.6) is 0 Å². The predicted octanol–water partition coefficient (Wildman–Crippen LogP) is 12.8. The number of pyridine rings is 1. The van der Waals surface area contributed by atoms with Crippen LogP contribution in [0.15, 0.2) is 24.5 Å². The third-order valence-electron chi connectivity index (χ3n) is 9.21. The van der Waals surface area contributed by atoms with E-state index in [-0.39, 0.29) is 12.1 Å². The van der Waals surface area contributed by atoms with Crippen molar-refractivity contribution in [3.8, 4) is 0 Å². The van der Waals surface area contributed by atoms with E-state index in [1.807, 2.05) is 36.1 Å². The molecule has 250 valence electrons. The minimum Gasteiger partial charge on any atom is -0.459 e. The first kappa shape index (κ1) is 39.6. The molecule has 0 amide bonds. The summed E-state index contributed by atoms with van der Waals surface area (Å²) in [4.78, 5) is 12.9. The summed E-state index contributed by atoms with van der Waals surface area (Å²) in [5.74, 6) is -0.156. The van der Waals surface area contributed by atoms with Crippen LogP contribution in [0, 0.1) is 0 Å². The molecule has 0 unspecified atom stereocenters. The molecule has 0 aliphatic heterocycles. The number of ether oxygens (including phenoxy) is 1. The summed E-state index contributed by atoms with van der Waals surface area (Å²) in [7, 11) is 1.96. The lowest BCUT2D eigenvalue weighted by molar-refractivity contribution is -0.671. The highest BCUT2D eigenvalue weighted by Crippen LogP contribution is 2.19. The first-order valence-electron chi connectivity index (χ1n) is 19.3. The lowest BCUT2D eigenvalue weighted by Gasteiger charge is -2.18. The minimum atomic E-state index is -0.156. The van der Waals surface area contributed by atoms with Gasteiger partial charge in [-0.1, -0.05) is 181 Å². The van der Waals surface area contributed by atoms with E-state index in [1.165, 1.54) is 180 Å². The zero-order valence-corrected chi connectivity index (χ0v) is 29.4. The van der Waals surface area contributed by atoms with E-state index < -0.39 is 0 Å². The average molecular weight is 601 g/mol. The monoisotopic (exact) mass is 601 g/mol. The average Bonchev–Trinajstić information content (AvgIpc) is 3.01. The highest BCUT2D eigenvalue weighted by Gasteiger charge is 2.17. The standard InChI is InChI=1S/C40H74NO2/c1-4-6-8-10-12-14-16-18-20-22-24-26-28-30-34-39(43-40(42)38-33-32-36-41(3)37-38)35-31-29-27-25-23-21-19-17-15-13-11-9-7-5-2/h32-33,36-37,39H,4-31,34-35H2,1-3H3/q+1. The van der Waals surface area contributed by atoms with E-state index in [9.17, 15) is 4.79 Å². The summed E-state index contributed by atoms with van der Waals surface area (Å²) in [5, 5.41) is 0. The topological polar surface area (TPSA) is 30.2 Å². The van der Waals surface area contributed by atoms with Gasteiger partial charge in [0.2, 0.25) is 0 Å². The number of carbonyl (C=O) groups excluding carboxylic acids is 1. The van der Waals surface area contributed by atoms with Crippen molar-refractivity contribution in [2.75, 3.05) is 0 Å². The first-order chi connectivity index (χ1) is 21.2. The molecule has 43 heavy (non-hydrogen) atoms. The number of hydrogen-bond donors (Lipinski definition) is 0. The van der Waals surface area contributed by atoms with Gasteiger partial charge in [0.1, 0.15) is 18.7 Å². The Morgan fingerprint density at radius 1 is 0.558 bits per heavy atom. The molecule has 0 atom stereocenters. The fourth-order valence-corrected chi connectivity index (χ4v) is 6.32. The number of hydrogen-bond acceptors (Lipinski definition) is 2. The van der Waals surface area contributed by atoms with Crippen LogP contribution in [0.25, 0.3) is 0 Å². The van der Waals surface area contributed by atoms with Gasteiger partial charge in [-0.3, -0.25) is 0 Å². The SMILES string of the molecule is CCCCCCCCCCCCCCCCC(CCCCCCCCCCCCCCCC)OC(=O)c1ccc[n+](C)c1. The minimum absolute atomic E-state index is 0.0627. The summed E-state index contributed by atoms with van der Waals surface area (Å²) < 4.78 is 7.99. The van der Waals surface area contributed by atoms with Gasteiger partial charge in [-0.15, -0.1) is 0 Å². The number of esters is 1. The van der Waals surface area contributed by atoms with Gasteiger partial charge in [0.25, 0.3) is 0 Å². The van der Waals surface area contributed by atoms with Gasteiger partial charge >= 0.3 is 5.97 Å². The number of aromatic nitrogens is 1. The van der Waals surface area contributed by atoms with Crippen molar-refractivity contribution >= 4 is 5.97 Å². The van der Waals surface area contributed by atoms with Crippen molar-refractivity contribution in [2.24, 2.45) is 7.05 Å². The van der Waals surface area contributed by atoms with Crippen molar-refractivity contribution in [1.82, 2.24) is 0 Å². The third kappa shape index (κ3) is 25.6. The Labute approximate surface area is 269 Å². The van der Waals surface area contributed by atoms with Gasteiger partial charge in [-0.2, -0.15) is 0 Å². The highest BCUT2D eigenvalue weighted by atomic mass is 16.5. The van der Waals surface area contributed by atoms with Crippen LogP contribution >= 0.6 is 0 Å². The molecular formula is C40H74NO2+. The second kappa shape index (κ2) is 30.6. The number of carbonyl (C=O) groups is 1. The molecule has 1 aromatic heterocycles. The second-order valence-corrected chi connectivity index (χ2v) is 13.6. The molecule has 0 aliphatic rings. The van der Waals surface area contributed by atoms with E-state index in [0.717, 1.165) is 12.8 Å². The Kier molecular flexibility index (Phi) is 28.2. The zero-order valence-electron chi connectivity index (χ0n) is 29.4. The molecule has 0 bridgehead atoms. The zero-order chi connectivity index (χ0) is 31.1. The lowest BCUT2D eigenvalue weighted by atomic mass is 10.0. The van der Waals surface area contributed by atoms with Crippen molar-refractivity contribution in [3.05, 3.63) is 30.1 Å². The smallest absolute Gasteiger partial charge is 0.344 e. The molecule has 1 aromatic rings. The summed E-state index contributed by atoms with van der Waals surface area (Å²) in [6, 6.07) is 3.80. The normalized spacial score (nSPS) is 11.4. The van der Waals surface area contributed by atoms with Gasteiger partial charge in [0, 0.05) is 6.07 Å². The van der Waals surface area contributed by atoms with E-state index >= 15 is 0 Å². The van der Waals surface area contributed by atoms with Crippen molar-refractivity contribution < 1.29 is 14.1 Å². The molecule has 0 aliphatic carbocycles. The maximum atomic E-state index is 12.9. The quantitative estimate of drug-likeness (QED) is 0.0468. The molecule has 0 fully saturated rings. The van der Waals surface area contributed by atoms with Gasteiger partial charge < -0.3 is 4.74 Å². The molecule has 0 N–H and O–H groups in total. The van der Waals surface area contributed by atoms with Crippen molar-refractivity contribution in [3.63, 3.8) is 0 Å². The molecular weight excluding hydrogens is 526 g/mol. The maximum absolute atomic E-state index is 12.9. The molecule has 1 rings (SSSR count). The molecule has 0 aromatic carbocycles. The van der Waals surface area contributed by atoms with Crippen molar-refractivity contribution in [1.29, 1.82) is 0 Å². The Morgan fingerprint density at radius 2 is 0.884 bits per heavy atom. The van der Waals surface area contributed by atoms with E-state index in [0.29, 0.717) is 5.56 Å². The maximum Gasteiger partial charge on any atom is 0.344 e. The van der Waals surface area contributed by atoms with Crippen LogP contribution in [0.3, 0.4) is 0 Å². The van der Waals surface area contributed by atoms with Crippen LogP contribution in [-0.2, 0) is 11.8 Å². The number of nitrogens with zero attached hydrogens (tertiary/aromatic N) is 1.